The number of phenols is 1. The van der Waals surface area contributed by atoms with Crippen LogP contribution in [0.5, 0.6) is 5.75 Å². The Kier molecular flexibility index (Phi) is 2.15. The van der Waals surface area contributed by atoms with E-state index in [0.29, 0.717) is 18.4 Å². The maximum absolute atomic E-state index is 13.9. The lowest BCUT2D eigenvalue weighted by Crippen LogP contribution is -2.33. The molecule has 1 aromatic rings. The molecule has 0 bridgehead atoms. The summed E-state index contributed by atoms with van der Waals surface area (Å²) in [6.07, 6.45) is 2.19. The largest absolute Gasteiger partial charge is 0.508 e. The van der Waals surface area contributed by atoms with Crippen molar-refractivity contribution < 1.29 is 9.50 Å². The summed E-state index contributed by atoms with van der Waals surface area (Å²) < 4.78 is 13.9. The number of nitriles is 1. The molecule has 1 N–H and O–H groups in total. The van der Waals surface area contributed by atoms with Gasteiger partial charge in [0, 0.05) is 0 Å². The van der Waals surface area contributed by atoms with E-state index >= 15 is 0 Å². The molecule has 15 heavy (non-hydrogen) atoms. The molecule has 1 aliphatic rings. The Morgan fingerprint density at radius 1 is 1.47 bits per heavy atom. The van der Waals surface area contributed by atoms with Crippen LogP contribution in [0.15, 0.2) is 12.1 Å². The maximum Gasteiger partial charge on any atom is 0.134 e. The standard InChI is InChI=1S/C12H12FNO/c1-8-3-4-9(15)10(11(8)13)12(7-14)5-2-6-12/h3-4,15H,2,5-6H2,1H3. The predicted molar refractivity (Wildman–Crippen MR) is 53.9 cm³/mol. The van der Waals surface area contributed by atoms with Crippen molar-refractivity contribution in [3.8, 4) is 11.8 Å². The summed E-state index contributed by atoms with van der Waals surface area (Å²) in [5.74, 6) is -0.532. The Morgan fingerprint density at radius 2 is 2.13 bits per heavy atom. The minimum atomic E-state index is -0.791. The first-order valence-electron chi connectivity index (χ1n) is 5.00. The van der Waals surface area contributed by atoms with Crippen LogP contribution in [0.25, 0.3) is 0 Å². The summed E-state index contributed by atoms with van der Waals surface area (Å²) >= 11 is 0. The van der Waals surface area contributed by atoms with Crippen LogP contribution in [-0.2, 0) is 5.41 Å². The minimum Gasteiger partial charge on any atom is -0.508 e. The van der Waals surface area contributed by atoms with Gasteiger partial charge in [-0.15, -0.1) is 0 Å². The first-order chi connectivity index (χ1) is 7.10. The Morgan fingerprint density at radius 3 is 2.60 bits per heavy atom. The first kappa shape index (κ1) is 9.97. The van der Waals surface area contributed by atoms with E-state index in [4.69, 9.17) is 5.26 Å². The Balaban J connectivity index is 2.62. The third kappa shape index (κ3) is 1.29. The fourth-order valence-corrected chi connectivity index (χ4v) is 2.07. The second-order valence-corrected chi connectivity index (χ2v) is 4.14. The van der Waals surface area contributed by atoms with E-state index in [-0.39, 0.29) is 11.3 Å². The lowest BCUT2D eigenvalue weighted by molar-refractivity contribution is 0.299. The molecular formula is C12H12FNO. The molecule has 0 radical (unpaired) electrons. The fourth-order valence-electron chi connectivity index (χ4n) is 2.07. The normalized spacial score (nSPS) is 17.9. The van der Waals surface area contributed by atoms with Crippen molar-refractivity contribution in [2.24, 2.45) is 0 Å². The molecule has 78 valence electrons. The van der Waals surface area contributed by atoms with E-state index in [9.17, 15) is 9.50 Å². The molecular weight excluding hydrogens is 193 g/mol. The van der Waals surface area contributed by atoms with Gasteiger partial charge < -0.3 is 5.11 Å². The second kappa shape index (κ2) is 3.23. The van der Waals surface area contributed by atoms with Gasteiger partial charge in [0.15, 0.2) is 0 Å². The van der Waals surface area contributed by atoms with Gasteiger partial charge in [0.05, 0.1) is 17.0 Å². The van der Waals surface area contributed by atoms with Gasteiger partial charge in [-0.25, -0.2) is 4.39 Å². The van der Waals surface area contributed by atoms with E-state index in [1.807, 2.05) is 0 Å². The third-order valence-corrected chi connectivity index (χ3v) is 3.21. The summed E-state index contributed by atoms with van der Waals surface area (Å²) in [5, 5.41) is 18.8. The van der Waals surface area contributed by atoms with Gasteiger partial charge in [-0.05, 0) is 37.8 Å². The van der Waals surface area contributed by atoms with Crippen molar-refractivity contribution in [2.75, 3.05) is 0 Å². The summed E-state index contributed by atoms with van der Waals surface area (Å²) in [7, 11) is 0. The minimum absolute atomic E-state index is 0.0978. The predicted octanol–water partition coefficient (Wildman–Crippen LogP) is 2.79. The lowest BCUT2D eigenvalue weighted by Gasteiger charge is -2.36. The summed E-state index contributed by atoms with van der Waals surface area (Å²) in [4.78, 5) is 0. The van der Waals surface area contributed by atoms with Crippen molar-refractivity contribution >= 4 is 0 Å². The number of nitrogens with zero attached hydrogens (tertiary/aromatic N) is 1. The number of phenolic OH excluding ortho intramolecular Hbond substituents is 1. The average molecular weight is 205 g/mol. The Bertz CT molecular complexity index is 444. The summed E-state index contributed by atoms with van der Waals surface area (Å²) in [6.45, 7) is 1.64. The molecule has 0 spiro atoms. The highest BCUT2D eigenvalue weighted by molar-refractivity contribution is 5.47. The van der Waals surface area contributed by atoms with E-state index in [2.05, 4.69) is 6.07 Å². The zero-order valence-corrected chi connectivity index (χ0v) is 8.55. The van der Waals surface area contributed by atoms with Gasteiger partial charge in [0.1, 0.15) is 11.6 Å². The number of benzene rings is 1. The quantitative estimate of drug-likeness (QED) is 0.766. The average Bonchev–Trinajstić information content (AvgIpc) is 2.16. The van der Waals surface area contributed by atoms with Gasteiger partial charge in [-0.3, -0.25) is 0 Å². The van der Waals surface area contributed by atoms with E-state index in [1.54, 1.807) is 6.92 Å². The number of aryl methyl sites for hydroxylation is 1. The number of halogens is 1. The molecule has 0 unspecified atom stereocenters. The zero-order chi connectivity index (χ0) is 11.1. The van der Waals surface area contributed by atoms with Gasteiger partial charge in [-0.2, -0.15) is 5.26 Å². The Hall–Kier alpha value is -1.56. The van der Waals surface area contributed by atoms with Gasteiger partial charge in [-0.1, -0.05) is 6.07 Å². The van der Waals surface area contributed by atoms with Gasteiger partial charge >= 0.3 is 0 Å². The molecule has 0 aliphatic heterocycles. The molecule has 0 saturated heterocycles. The van der Waals surface area contributed by atoms with Crippen LogP contribution < -0.4 is 0 Å². The Labute approximate surface area is 88.0 Å². The highest BCUT2D eigenvalue weighted by atomic mass is 19.1. The van der Waals surface area contributed by atoms with Crippen LogP contribution >= 0.6 is 0 Å². The van der Waals surface area contributed by atoms with Gasteiger partial charge in [0.2, 0.25) is 0 Å². The molecule has 1 aromatic carbocycles. The molecule has 0 aromatic heterocycles. The molecule has 2 rings (SSSR count). The van der Waals surface area contributed by atoms with Crippen LogP contribution in [0, 0.1) is 24.1 Å². The molecule has 1 aliphatic carbocycles. The number of aromatic hydroxyl groups is 1. The molecule has 2 nitrogen and oxygen atoms in total. The first-order valence-corrected chi connectivity index (χ1v) is 5.00. The van der Waals surface area contributed by atoms with Crippen molar-refractivity contribution in [1.29, 1.82) is 5.26 Å². The molecule has 1 saturated carbocycles. The maximum atomic E-state index is 13.9. The topological polar surface area (TPSA) is 44.0 Å². The summed E-state index contributed by atoms with van der Waals surface area (Å²) in [6, 6.07) is 5.13. The molecule has 3 heteroatoms. The number of rotatable bonds is 1. The second-order valence-electron chi connectivity index (χ2n) is 4.14. The van der Waals surface area contributed by atoms with E-state index in [0.717, 1.165) is 6.42 Å². The third-order valence-electron chi connectivity index (χ3n) is 3.21. The molecule has 0 atom stereocenters. The highest BCUT2D eigenvalue weighted by Crippen LogP contribution is 2.47. The number of hydrogen-bond acceptors (Lipinski definition) is 2. The van der Waals surface area contributed by atoms with Crippen LogP contribution in [-0.4, -0.2) is 5.11 Å². The zero-order valence-electron chi connectivity index (χ0n) is 8.55. The van der Waals surface area contributed by atoms with E-state index in [1.165, 1.54) is 12.1 Å². The van der Waals surface area contributed by atoms with E-state index < -0.39 is 11.2 Å². The van der Waals surface area contributed by atoms with Crippen LogP contribution in [0.2, 0.25) is 0 Å². The molecule has 0 heterocycles. The van der Waals surface area contributed by atoms with Crippen LogP contribution in [0.4, 0.5) is 4.39 Å². The van der Waals surface area contributed by atoms with Crippen molar-refractivity contribution in [1.82, 2.24) is 0 Å². The lowest BCUT2D eigenvalue weighted by atomic mass is 9.65. The molecule has 0 amide bonds. The van der Waals surface area contributed by atoms with Crippen LogP contribution in [0.3, 0.4) is 0 Å². The highest BCUT2D eigenvalue weighted by Gasteiger charge is 2.43. The SMILES string of the molecule is Cc1ccc(O)c(C2(C#N)CCC2)c1F. The molecule has 1 fully saturated rings. The van der Waals surface area contributed by atoms with Crippen molar-refractivity contribution in [3.63, 3.8) is 0 Å². The van der Waals surface area contributed by atoms with Gasteiger partial charge in [0.25, 0.3) is 0 Å². The van der Waals surface area contributed by atoms with Crippen molar-refractivity contribution in [2.45, 2.75) is 31.6 Å². The van der Waals surface area contributed by atoms with Crippen LogP contribution in [0.1, 0.15) is 30.4 Å². The monoisotopic (exact) mass is 205 g/mol. The van der Waals surface area contributed by atoms with Crippen molar-refractivity contribution in [3.05, 3.63) is 29.1 Å². The number of hydrogen-bond donors (Lipinski definition) is 1. The fraction of sp³-hybridized carbons (Fsp3) is 0.417. The smallest absolute Gasteiger partial charge is 0.134 e. The summed E-state index contributed by atoms with van der Waals surface area (Å²) in [5.41, 5.74) is -0.124.